The third-order valence-electron chi connectivity index (χ3n) is 5.80. The molecular formula is C26H28N6O4S. The van der Waals surface area contributed by atoms with Gasteiger partial charge in [-0.1, -0.05) is 44.2 Å². The standard InChI is InChI=1S/C26H28N6O4S/c1-18(2)17-31-23(27)22(25(33)30(3)26(31)34)24(37(35,36)21-8-5-4-6-9-21)28-16-19-10-12-20(13-11-19)32-15-7-14-29-32/h4-15,18,27-28H,16-17H2,1-3H3/b24-22-,27-23?. The van der Waals surface area contributed by atoms with Gasteiger partial charge in [-0.3, -0.25) is 20.0 Å². The summed E-state index contributed by atoms with van der Waals surface area (Å²) in [5.41, 5.74) is 1.20. The number of aromatic nitrogens is 2. The topological polar surface area (TPSA) is 128 Å². The van der Waals surface area contributed by atoms with Crippen molar-refractivity contribution in [2.45, 2.75) is 25.3 Å². The summed E-state index contributed by atoms with van der Waals surface area (Å²) in [4.78, 5) is 28.0. The number of carbonyl (C=O) groups is 2. The van der Waals surface area contributed by atoms with Crippen molar-refractivity contribution >= 4 is 27.6 Å². The third kappa shape index (κ3) is 5.17. The predicted octanol–water partition coefficient (Wildman–Crippen LogP) is 3.17. The van der Waals surface area contributed by atoms with Crippen LogP contribution in [-0.2, 0) is 21.2 Å². The number of nitrogens with zero attached hydrogens (tertiary/aromatic N) is 4. The van der Waals surface area contributed by atoms with Crippen LogP contribution < -0.4 is 5.32 Å². The second-order valence-electron chi connectivity index (χ2n) is 8.99. The highest BCUT2D eigenvalue weighted by Gasteiger charge is 2.42. The van der Waals surface area contributed by atoms with Gasteiger partial charge in [0, 0.05) is 32.5 Å². The minimum absolute atomic E-state index is 0.0115. The van der Waals surface area contributed by atoms with E-state index in [4.69, 9.17) is 5.41 Å². The highest BCUT2D eigenvalue weighted by Crippen LogP contribution is 2.27. The molecule has 3 aromatic rings. The number of benzene rings is 2. The average molecular weight is 521 g/mol. The number of amides is 3. The lowest BCUT2D eigenvalue weighted by Crippen LogP contribution is -2.56. The van der Waals surface area contributed by atoms with Gasteiger partial charge in [-0.25, -0.2) is 17.9 Å². The predicted molar refractivity (Wildman–Crippen MR) is 138 cm³/mol. The second-order valence-corrected chi connectivity index (χ2v) is 10.9. The monoisotopic (exact) mass is 520 g/mol. The largest absolute Gasteiger partial charge is 0.371 e. The van der Waals surface area contributed by atoms with Gasteiger partial charge in [0.1, 0.15) is 16.4 Å². The van der Waals surface area contributed by atoms with E-state index in [9.17, 15) is 18.0 Å². The van der Waals surface area contributed by atoms with Crippen molar-refractivity contribution < 1.29 is 18.0 Å². The van der Waals surface area contributed by atoms with Crippen LogP contribution in [-0.4, -0.2) is 59.4 Å². The van der Waals surface area contributed by atoms with Gasteiger partial charge in [0.25, 0.3) is 5.91 Å². The molecule has 192 valence electrons. The summed E-state index contributed by atoms with van der Waals surface area (Å²) in [6.45, 7) is 3.96. The molecular weight excluding hydrogens is 492 g/mol. The molecule has 0 aliphatic carbocycles. The number of likely N-dealkylation sites (N-methyl/N-ethyl adjacent to an activating group) is 1. The van der Waals surface area contributed by atoms with E-state index in [1.165, 1.54) is 19.2 Å². The van der Waals surface area contributed by atoms with Gasteiger partial charge in [-0.05, 0) is 41.8 Å². The van der Waals surface area contributed by atoms with Crippen LogP contribution in [0.1, 0.15) is 19.4 Å². The molecule has 0 unspecified atom stereocenters. The first-order valence-corrected chi connectivity index (χ1v) is 13.1. The molecule has 3 amide bonds. The molecule has 10 nitrogen and oxygen atoms in total. The molecule has 1 aliphatic rings. The Bertz CT molecular complexity index is 1450. The van der Waals surface area contributed by atoms with Crippen LogP contribution in [0.5, 0.6) is 0 Å². The first-order chi connectivity index (χ1) is 17.6. The van der Waals surface area contributed by atoms with Crippen molar-refractivity contribution in [1.82, 2.24) is 24.9 Å². The van der Waals surface area contributed by atoms with E-state index >= 15 is 0 Å². The lowest BCUT2D eigenvalue weighted by molar-refractivity contribution is -0.123. The Morgan fingerprint density at radius 3 is 2.30 bits per heavy atom. The van der Waals surface area contributed by atoms with Crippen LogP contribution in [0, 0.1) is 11.3 Å². The van der Waals surface area contributed by atoms with Crippen LogP contribution in [0.4, 0.5) is 4.79 Å². The van der Waals surface area contributed by atoms with E-state index < -0.39 is 32.6 Å². The fraction of sp³-hybridized carbons (Fsp3) is 0.231. The van der Waals surface area contributed by atoms with Gasteiger partial charge in [-0.15, -0.1) is 0 Å². The molecule has 2 N–H and O–H groups in total. The fourth-order valence-corrected chi connectivity index (χ4v) is 5.38. The number of rotatable bonds is 8. The van der Waals surface area contributed by atoms with E-state index in [0.717, 1.165) is 21.1 Å². The molecule has 1 aliphatic heterocycles. The first kappa shape index (κ1) is 25.8. The number of nitrogens with one attached hydrogen (secondary N) is 2. The summed E-state index contributed by atoms with van der Waals surface area (Å²) in [6, 6.07) is 16.1. The maximum absolute atomic E-state index is 13.8. The lowest BCUT2D eigenvalue weighted by atomic mass is 10.1. The Morgan fingerprint density at radius 2 is 1.70 bits per heavy atom. The van der Waals surface area contributed by atoms with Crippen LogP contribution in [0.25, 0.3) is 5.69 Å². The van der Waals surface area contributed by atoms with E-state index in [1.807, 2.05) is 50.4 Å². The molecule has 0 atom stereocenters. The van der Waals surface area contributed by atoms with Gasteiger partial charge in [0.05, 0.1) is 10.6 Å². The molecule has 0 bridgehead atoms. The molecule has 37 heavy (non-hydrogen) atoms. The van der Waals surface area contributed by atoms with Crippen molar-refractivity contribution in [2.75, 3.05) is 13.6 Å². The maximum atomic E-state index is 13.8. The van der Waals surface area contributed by atoms with Crippen molar-refractivity contribution in [2.24, 2.45) is 5.92 Å². The van der Waals surface area contributed by atoms with Gasteiger partial charge in [0.15, 0.2) is 0 Å². The Hall–Kier alpha value is -4.25. The van der Waals surface area contributed by atoms with E-state index in [-0.39, 0.29) is 29.5 Å². The summed E-state index contributed by atoms with van der Waals surface area (Å²) >= 11 is 0. The zero-order chi connectivity index (χ0) is 26.7. The van der Waals surface area contributed by atoms with Crippen molar-refractivity contribution in [3.05, 3.63) is 89.2 Å². The number of amidine groups is 1. The van der Waals surface area contributed by atoms with E-state index in [0.29, 0.717) is 0 Å². The van der Waals surface area contributed by atoms with Gasteiger partial charge in [0.2, 0.25) is 9.84 Å². The number of imide groups is 1. The highest BCUT2D eigenvalue weighted by atomic mass is 32.2. The van der Waals surface area contributed by atoms with Crippen LogP contribution in [0.3, 0.4) is 0 Å². The number of urea groups is 1. The van der Waals surface area contributed by atoms with Gasteiger partial charge < -0.3 is 5.32 Å². The Labute approximate surface area is 215 Å². The van der Waals surface area contributed by atoms with Crippen molar-refractivity contribution in [3.63, 3.8) is 0 Å². The smallest absolute Gasteiger partial charge is 0.332 e. The minimum Gasteiger partial charge on any atom is -0.371 e. The van der Waals surface area contributed by atoms with Gasteiger partial charge in [-0.2, -0.15) is 5.10 Å². The molecule has 0 spiro atoms. The lowest BCUT2D eigenvalue weighted by Gasteiger charge is -2.35. The Balaban J connectivity index is 1.77. The maximum Gasteiger partial charge on any atom is 0.332 e. The quantitative estimate of drug-likeness (QED) is 0.439. The summed E-state index contributed by atoms with van der Waals surface area (Å²) < 4.78 is 29.2. The molecule has 2 heterocycles. The number of hydrogen-bond donors (Lipinski definition) is 2. The van der Waals surface area contributed by atoms with E-state index in [1.54, 1.807) is 29.1 Å². The number of carbonyl (C=O) groups excluding carboxylic acids is 2. The second kappa shape index (κ2) is 10.4. The first-order valence-electron chi connectivity index (χ1n) is 11.7. The molecule has 1 aromatic heterocycles. The number of sulfone groups is 1. The molecule has 11 heteroatoms. The molecule has 1 saturated heterocycles. The normalized spacial score (nSPS) is 15.9. The molecule has 2 aromatic carbocycles. The average Bonchev–Trinajstić information content (AvgIpc) is 3.43. The Morgan fingerprint density at radius 1 is 1.03 bits per heavy atom. The SMILES string of the molecule is CC(C)CN1C(=N)/C(=C(\NCc2ccc(-n3cccn3)cc2)S(=O)(=O)c2ccccc2)C(=O)N(C)C1=O. The van der Waals surface area contributed by atoms with Crippen LogP contribution >= 0.6 is 0 Å². The van der Waals surface area contributed by atoms with E-state index in [2.05, 4.69) is 10.4 Å². The number of hydrogen-bond acceptors (Lipinski definition) is 7. The zero-order valence-corrected chi connectivity index (χ0v) is 21.6. The molecule has 0 radical (unpaired) electrons. The summed E-state index contributed by atoms with van der Waals surface area (Å²) in [7, 11) is -2.96. The summed E-state index contributed by atoms with van der Waals surface area (Å²) in [5, 5.41) is 15.4. The summed E-state index contributed by atoms with van der Waals surface area (Å²) in [5.74, 6) is -1.31. The highest BCUT2D eigenvalue weighted by molar-refractivity contribution is 7.95. The van der Waals surface area contributed by atoms with Gasteiger partial charge >= 0.3 is 6.03 Å². The molecule has 4 rings (SSSR count). The zero-order valence-electron chi connectivity index (χ0n) is 20.7. The molecule has 1 fully saturated rings. The van der Waals surface area contributed by atoms with Crippen LogP contribution in [0.15, 0.2) is 88.6 Å². The van der Waals surface area contributed by atoms with Crippen LogP contribution in [0.2, 0.25) is 0 Å². The third-order valence-corrected chi connectivity index (χ3v) is 7.58. The summed E-state index contributed by atoms with van der Waals surface area (Å²) in [6.07, 6.45) is 3.48. The fourth-order valence-electron chi connectivity index (χ4n) is 3.91. The Kier molecular flexibility index (Phi) is 7.25. The molecule has 0 saturated carbocycles. The minimum atomic E-state index is -4.24. The van der Waals surface area contributed by atoms with Crippen molar-refractivity contribution in [1.29, 1.82) is 5.41 Å². The van der Waals surface area contributed by atoms with Crippen molar-refractivity contribution in [3.8, 4) is 5.69 Å².